The van der Waals surface area contributed by atoms with Gasteiger partial charge in [-0.15, -0.1) is 0 Å². The summed E-state index contributed by atoms with van der Waals surface area (Å²) in [6, 6.07) is 0. The Kier molecular flexibility index (Phi) is 7.92. The zero-order valence-electron chi connectivity index (χ0n) is 8.01. The minimum atomic E-state index is 1.22. The highest BCUT2D eigenvalue weighted by Gasteiger charge is 2.16. The lowest BCUT2D eigenvalue weighted by atomic mass is 10.1. The van der Waals surface area contributed by atoms with Crippen molar-refractivity contribution in [3.05, 3.63) is 23.4 Å². The van der Waals surface area contributed by atoms with E-state index in [4.69, 9.17) is 0 Å². The molecule has 0 spiro atoms. The van der Waals surface area contributed by atoms with E-state index in [0.29, 0.717) is 0 Å². The maximum Gasteiger partial charge on any atom is 0.0419 e. The third-order valence-electron chi connectivity index (χ3n) is 2.08. The number of hydrogen-bond donors (Lipinski definition) is 0. The predicted octanol–water partition coefficient (Wildman–Crippen LogP) is 6.05. The van der Waals surface area contributed by atoms with Gasteiger partial charge in [0, 0.05) is 17.9 Å². The molecule has 84 valence electrons. The average molecular weight is 764 g/mol. The van der Waals surface area contributed by atoms with Crippen LogP contribution >= 0.6 is 113 Å². The Labute approximate surface area is 159 Å². The van der Waals surface area contributed by atoms with Crippen LogP contribution in [-0.4, -0.2) is 0 Å². The van der Waals surface area contributed by atoms with Crippen molar-refractivity contribution in [1.82, 2.24) is 0 Å². The largest absolute Gasteiger partial charge is 0.0654 e. The Balaban J connectivity index is 3.26. The van der Waals surface area contributed by atoms with E-state index in [1.807, 2.05) is 0 Å². The van der Waals surface area contributed by atoms with Gasteiger partial charge < -0.3 is 0 Å². The lowest BCUT2D eigenvalue weighted by Gasteiger charge is -2.13. The van der Waals surface area contributed by atoms with E-state index in [-0.39, 0.29) is 0 Å². The van der Waals surface area contributed by atoms with Gasteiger partial charge in [0.2, 0.25) is 0 Å². The van der Waals surface area contributed by atoms with Crippen molar-refractivity contribution in [3.63, 3.8) is 0 Å². The second kappa shape index (κ2) is 7.46. The Morgan fingerprint density at radius 3 is 1.53 bits per heavy atom. The highest BCUT2D eigenvalue weighted by Crippen LogP contribution is 2.34. The Hall–Kier alpha value is 2.87. The molecule has 1 aromatic carbocycles. The zero-order chi connectivity index (χ0) is 11.6. The quantitative estimate of drug-likeness (QED) is 0.200. The first-order valence-corrected chi connectivity index (χ1v) is 9.90. The molecule has 0 saturated carbocycles. The van der Waals surface area contributed by atoms with Gasteiger partial charge in [0.05, 0.1) is 0 Å². The first kappa shape index (κ1) is 15.9. The SMILES string of the molecule is CCCCc1c(I)c(I)c(I)c(I)c1I. The maximum absolute atomic E-state index is 2.49. The summed E-state index contributed by atoms with van der Waals surface area (Å²) in [7, 11) is 0. The van der Waals surface area contributed by atoms with Crippen LogP contribution in [0.15, 0.2) is 0 Å². The topological polar surface area (TPSA) is 0 Å². The molecule has 0 aromatic heterocycles. The van der Waals surface area contributed by atoms with Crippen molar-refractivity contribution < 1.29 is 0 Å². The molecular formula is C10H9I5. The van der Waals surface area contributed by atoms with Crippen LogP contribution in [-0.2, 0) is 6.42 Å². The monoisotopic (exact) mass is 764 g/mol. The van der Waals surface area contributed by atoms with Gasteiger partial charge in [-0.05, 0) is 131 Å². The molecule has 0 bridgehead atoms. The molecule has 0 N–H and O–H groups in total. The molecule has 0 radical (unpaired) electrons. The third kappa shape index (κ3) is 3.91. The van der Waals surface area contributed by atoms with Crippen LogP contribution < -0.4 is 0 Å². The standard InChI is InChI=1S/C10H9I5/c1-2-3-4-5-6(11)8(13)10(15)9(14)7(5)12/h2-4H2,1H3. The summed E-state index contributed by atoms with van der Waals surface area (Å²) in [5.74, 6) is 0. The van der Waals surface area contributed by atoms with E-state index in [2.05, 4.69) is 120 Å². The molecule has 0 amide bonds. The maximum atomic E-state index is 2.49. The molecular weight excluding hydrogens is 755 g/mol. The van der Waals surface area contributed by atoms with Crippen LogP contribution in [0.4, 0.5) is 0 Å². The average Bonchev–Trinajstić information content (AvgIpc) is 2.24. The minimum absolute atomic E-state index is 1.22. The second-order valence-corrected chi connectivity index (χ2v) is 8.55. The van der Waals surface area contributed by atoms with Gasteiger partial charge in [-0.1, -0.05) is 13.3 Å². The first-order valence-electron chi connectivity index (χ1n) is 4.51. The van der Waals surface area contributed by atoms with E-state index in [0.717, 1.165) is 0 Å². The number of rotatable bonds is 3. The normalized spacial score (nSPS) is 10.8. The molecule has 0 aliphatic carbocycles. The minimum Gasteiger partial charge on any atom is -0.0654 e. The van der Waals surface area contributed by atoms with Gasteiger partial charge in [0.25, 0.3) is 0 Å². The van der Waals surface area contributed by atoms with Crippen LogP contribution in [0.25, 0.3) is 0 Å². The van der Waals surface area contributed by atoms with Crippen LogP contribution in [0.5, 0.6) is 0 Å². The summed E-state index contributed by atoms with van der Waals surface area (Å²) in [6.07, 6.45) is 3.78. The Morgan fingerprint density at radius 2 is 1.13 bits per heavy atom. The smallest absolute Gasteiger partial charge is 0.0419 e. The molecule has 0 atom stereocenters. The molecule has 0 nitrogen and oxygen atoms in total. The van der Waals surface area contributed by atoms with E-state index in [9.17, 15) is 0 Å². The molecule has 1 rings (SSSR count). The van der Waals surface area contributed by atoms with E-state index >= 15 is 0 Å². The third-order valence-corrected chi connectivity index (χ3v) is 11.8. The predicted molar refractivity (Wildman–Crippen MR) is 109 cm³/mol. The second-order valence-electron chi connectivity index (χ2n) is 3.15. The summed E-state index contributed by atoms with van der Waals surface area (Å²) < 4.78 is 7.16. The van der Waals surface area contributed by atoms with Crippen molar-refractivity contribution in [3.8, 4) is 0 Å². The van der Waals surface area contributed by atoms with Crippen LogP contribution in [0.1, 0.15) is 25.3 Å². The van der Waals surface area contributed by atoms with Crippen LogP contribution in [0.3, 0.4) is 0 Å². The highest BCUT2D eigenvalue weighted by atomic mass is 127. The number of halogens is 5. The van der Waals surface area contributed by atoms with Crippen LogP contribution in [0.2, 0.25) is 0 Å². The van der Waals surface area contributed by atoms with E-state index < -0.39 is 0 Å². The molecule has 5 heteroatoms. The van der Waals surface area contributed by atoms with Gasteiger partial charge in [0.15, 0.2) is 0 Å². The molecule has 0 heterocycles. The fourth-order valence-corrected chi connectivity index (χ4v) is 6.64. The molecule has 0 saturated heterocycles. The molecule has 0 fully saturated rings. The van der Waals surface area contributed by atoms with Gasteiger partial charge in [0.1, 0.15) is 0 Å². The van der Waals surface area contributed by atoms with Gasteiger partial charge in [-0.3, -0.25) is 0 Å². The van der Waals surface area contributed by atoms with Crippen molar-refractivity contribution in [2.24, 2.45) is 0 Å². The summed E-state index contributed by atoms with van der Waals surface area (Å²) in [6.45, 7) is 2.25. The Morgan fingerprint density at radius 1 is 0.733 bits per heavy atom. The summed E-state index contributed by atoms with van der Waals surface area (Å²) >= 11 is 12.4. The van der Waals surface area contributed by atoms with Crippen molar-refractivity contribution in [2.45, 2.75) is 26.2 Å². The fraction of sp³-hybridized carbons (Fsp3) is 0.400. The number of benzene rings is 1. The number of hydrogen-bond acceptors (Lipinski definition) is 0. The summed E-state index contributed by atoms with van der Waals surface area (Å²) in [5, 5.41) is 0. The van der Waals surface area contributed by atoms with Crippen LogP contribution in [0, 0.1) is 17.9 Å². The molecule has 1 aromatic rings. The van der Waals surface area contributed by atoms with E-state index in [1.54, 1.807) is 5.56 Å². The molecule has 15 heavy (non-hydrogen) atoms. The lowest BCUT2D eigenvalue weighted by Crippen LogP contribution is -2.03. The van der Waals surface area contributed by atoms with Crippen molar-refractivity contribution >= 4 is 113 Å². The van der Waals surface area contributed by atoms with Crippen molar-refractivity contribution in [2.75, 3.05) is 0 Å². The molecule has 0 aliphatic heterocycles. The summed E-state index contributed by atoms with van der Waals surface area (Å²) in [5.41, 5.74) is 1.55. The summed E-state index contributed by atoms with van der Waals surface area (Å²) in [4.78, 5) is 0. The van der Waals surface area contributed by atoms with Gasteiger partial charge >= 0.3 is 0 Å². The zero-order valence-corrected chi connectivity index (χ0v) is 18.8. The fourth-order valence-electron chi connectivity index (χ4n) is 1.22. The molecule has 0 aliphatic rings. The molecule has 0 unspecified atom stereocenters. The number of unbranched alkanes of at least 4 members (excludes halogenated alkanes) is 1. The van der Waals surface area contributed by atoms with E-state index in [1.165, 1.54) is 37.1 Å². The lowest BCUT2D eigenvalue weighted by molar-refractivity contribution is 0.788. The first-order chi connectivity index (χ1) is 7.00. The van der Waals surface area contributed by atoms with Gasteiger partial charge in [-0.2, -0.15) is 0 Å². The van der Waals surface area contributed by atoms with Gasteiger partial charge in [-0.25, -0.2) is 0 Å². The highest BCUT2D eigenvalue weighted by molar-refractivity contribution is 14.1. The Bertz CT molecular complexity index is 344. The van der Waals surface area contributed by atoms with Crippen molar-refractivity contribution in [1.29, 1.82) is 0 Å².